The molecule has 2 fully saturated rings. The Labute approximate surface area is 114 Å². The van der Waals surface area contributed by atoms with E-state index in [2.05, 4.69) is 35.3 Å². The van der Waals surface area contributed by atoms with Gasteiger partial charge in [0.1, 0.15) is 0 Å². The molecule has 0 bridgehead atoms. The van der Waals surface area contributed by atoms with Crippen molar-refractivity contribution in [3.05, 3.63) is 28.8 Å². The maximum atomic E-state index is 6.44. The van der Waals surface area contributed by atoms with Crippen LogP contribution in [0.5, 0.6) is 0 Å². The Morgan fingerprint density at radius 1 is 1.28 bits per heavy atom. The lowest BCUT2D eigenvalue weighted by atomic mass is 10.2. The van der Waals surface area contributed by atoms with Crippen molar-refractivity contribution in [2.45, 2.75) is 51.2 Å². The van der Waals surface area contributed by atoms with Gasteiger partial charge in [-0.05, 0) is 50.3 Å². The first-order valence-corrected chi connectivity index (χ1v) is 7.44. The summed E-state index contributed by atoms with van der Waals surface area (Å²) in [6.45, 7) is 4.20. The van der Waals surface area contributed by atoms with Crippen LogP contribution in [-0.4, -0.2) is 18.6 Å². The molecule has 0 saturated heterocycles. The van der Waals surface area contributed by atoms with E-state index in [1.807, 2.05) is 0 Å². The fourth-order valence-corrected chi connectivity index (χ4v) is 2.77. The summed E-state index contributed by atoms with van der Waals surface area (Å²) >= 11 is 6.44. The maximum Gasteiger partial charge on any atom is 0.0642 e. The van der Waals surface area contributed by atoms with Gasteiger partial charge in [0.05, 0.1) is 10.7 Å². The number of rotatable bonds is 6. The van der Waals surface area contributed by atoms with Gasteiger partial charge in [-0.15, -0.1) is 0 Å². The van der Waals surface area contributed by atoms with E-state index in [1.54, 1.807) is 0 Å². The Hall–Kier alpha value is -0.730. The molecule has 0 amide bonds. The Morgan fingerprint density at radius 2 is 2.06 bits per heavy atom. The monoisotopic (exact) mass is 264 g/mol. The van der Waals surface area contributed by atoms with E-state index in [1.165, 1.54) is 36.9 Å². The highest BCUT2D eigenvalue weighted by molar-refractivity contribution is 6.33. The van der Waals surface area contributed by atoms with Crippen LogP contribution in [0.2, 0.25) is 5.02 Å². The summed E-state index contributed by atoms with van der Waals surface area (Å²) in [6.07, 6.45) is 5.29. The molecule has 2 aliphatic rings. The second-order valence-electron chi connectivity index (χ2n) is 5.46. The molecular formula is C15H21ClN2. The van der Waals surface area contributed by atoms with E-state index in [4.69, 9.17) is 11.6 Å². The van der Waals surface area contributed by atoms with Crippen molar-refractivity contribution < 1.29 is 0 Å². The number of nitrogens with zero attached hydrogens (tertiary/aromatic N) is 1. The number of hydrogen-bond acceptors (Lipinski definition) is 2. The molecule has 0 heterocycles. The quantitative estimate of drug-likeness (QED) is 0.845. The zero-order chi connectivity index (χ0) is 12.5. The van der Waals surface area contributed by atoms with Crippen LogP contribution in [-0.2, 0) is 6.54 Å². The van der Waals surface area contributed by atoms with Crippen molar-refractivity contribution >= 4 is 17.3 Å². The first-order chi connectivity index (χ1) is 8.78. The molecule has 0 aromatic heterocycles. The summed E-state index contributed by atoms with van der Waals surface area (Å²) < 4.78 is 0. The van der Waals surface area contributed by atoms with E-state index in [0.29, 0.717) is 0 Å². The summed E-state index contributed by atoms with van der Waals surface area (Å²) in [7, 11) is 0. The smallest absolute Gasteiger partial charge is 0.0642 e. The summed E-state index contributed by atoms with van der Waals surface area (Å²) in [5.74, 6) is 0. The lowest BCUT2D eigenvalue weighted by molar-refractivity contribution is 0.687. The van der Waals surface area contributed by atoms with Gasteiger partial charge in [0.15, 0.2) is 0 Å². The Bertz CT molecular complexity index is 425. The van der Waals surface area contributed by atoms with E-state index < -0.39 is 0 Å². The fraction of sp³-hybridized carbons (Fsp3) is 0.600. The third-order valence-electron chi connectivity index (χ3n) is 3.82. The van der Waals surface area contributed by atoms with Crippen molar-refractivity contribution in [2.75, 3.05) is 11.4 Å². The minimum atomic E-state index is 0.725. The van der Waals surface area contributed by atoms with Gasteiger partial charge in [-0.2, -0.15) is 0 Å². The zero-order valence-electron chi connectivity index (χ0n) is 11.0. The van der Waals surface area contributed by atoms with Gasteiger partial charge >= 0.3 is 0 Å². The van der Waals surface area contributed by atoms with Gasteiger partial charge in [0.2, 0.25) is 0 Å². The number of halogens is 1. The molecule has 98 valence electrons. The Morgan fingerprint density at radius 3 is 2.61 bits per heavy atom. The molecule has 0 radical (unpaired) electrons. The van der Waals surface area contributed by atoms with Gasteiger partial charge < -0.3 is 10.2 Å². The van der Waals surface area contributed by atoms with E-state index in [-0.39, 0.29) is 0 Å². The largest absolute Gasteiger partial charge is 0.368 e. The van der Waals surface area contributed by atoms with Crippen LogP contribution in [0.15, 0.2) is 18.2 Å². The third kappa shape index (κ3) is 2.81. The van der Waals surface area contributed by atoms with Crippen molar-refractivity contribution in [1.29, 1.82) is 0 Å². The first kappa shape index (κ1) is 12.3. The highest BCUT2D eigenvalue weighted by Crippen LogP contribution is 2.35. The summed E-state index contributed by atoms with van der Waals surface area (Å²) in [5, 5.41) is 4.43. The van der Waals surface area contributed by atoms with Gasteiger partial charge in [0, 0.05) is 25.2 Å². The highest BCUT2D eigenvalue weighted by atomic mass is 35.5. The number of hydrogen-bond donors (Lipinski definition) is 1. The number of benzene rings is 1. The highest BCUT2D eigenvalue weighted by Gasteiger charge is 2.29. The van der Waals surface area contributed by atoms with Crippen molar-refractivity contribution in [2.24, 2.45) is 0 Å². The molecule has 18 heavy (non-hydrogen) atoms. The number of nitrogens with one attached hydrogen (secondary N) is 1. The minimum Gasteiger partial charge on any atom is -0.368 e. The molecular weight excluding hydrogens is 244 g/mol. The molecule has 0 atom stereocenters. The van der Waals surface area contributed by atoms with Gasteiger partial charge in [0.25, 0.3) is 0 Å². The average Bonchev–Trinajstić information content (AvgIpc) is 3.24. The average molecular weight is 265 g/mol. The molecule has 1 aromatic rings. The first-order valence-electron chi connectivity index (χ1n) is 7.06. The van der Waals surface area contributed by atoms with Crippen molar-refractivity contribution in [3.8, 4) is 0 Å². The molecule has 3 heteroatoms. The van der Waals surface area contributed by atoms with E-state index in [0.717, 1.165) is 30.2 Å². The Balaban J connectivity index is 1.70. The lowest BCUT2D eigenvalue weighted by Crippen LogP contribution is -2.25. The van der Waals surface area contributed by atoms with Crippen LogP contribution >= 0.6 is 11.6 Å². The number of anilines is 1. The SMILES string of the molecule is CCN(c1ccc(CNC2CC2)cc1Cl)C1CC1. The van der Waals surface area contributed by atoms with Crippen LogP contribution in [0.4, 0.5) is 5.69 Å². The van der Waals surface area contributed by atoms with Crippen molar-refractivity contribution in [1.82, 2.24) is 5.32 Å². The van der Waals surface area contributed by atoms with Crippen LogP contribution in [0.1, 0.15) is 38.2 Å². The summed E-state index contributed by atoms with van der Waals surface area (Å²) in [6, 6.07) is 8.00. The van der Waals surface area contributed by atoms with Crippen LogP contribution in [0, 0.1) is 0 Å². The lowest BCUT2D eigenvalue weighted by Gasteiger charge is -2.24. The molecule has 2 nitrogen and oxygen atoms in total. The fourth-order valence-electron chi connectivity index (χ4n) is 2.45. The molecule has 0 spiro atoms. The maximum absolute atomic E-state index is 6.44. The molecule has 0 unspecified atom stereocenters. The van der Waals surface area contributed by atoms with Crippen LogP contribution < -0.4 is 10.2 Å². The second kappa shape index (κ2) is 5.10. The molecule has 2 saturated carbocycles. The zero-order valence-corrected chi connectivity index (χ0v) is 11.7. The van der Waals surface area contributed by atoms with Crippen LogP contribution in [0.25, 0.3) is 0 Å². The van der Waals surface area contributed by atoms with Gasteiger partial charge in [-0.25, -0.2) is 0 Å². The van der Waals surface area contributed by atoms with Gasteiger partial charge in [-0.1, -0.05) is 17.7 Å². The Kier molecular flexibility index (Phi) is 3.49. The van der Waals surface area contributed by atoms with E-state index in [9.17, 15) is 0 Å². The van der Waals surface area contributed by atoms with Crippen LogP contribution in [0.3, 0.4) is 0 Å². The molecule has 3 rings (SSSR count). The molecule has 1 N–H and O–H groups in total. The topological polar surface area (TPSA) is 15.3 Å². The predicted octanol–water partition coefficient (Wildman–Crippen LogP) is 3.58. The molecule has 2 aliphatic carbocycles. The minimum absolute atomic E-state index is 0.725. The molecule has 0 aliphatic heterocycles. The summed E-state index contributed by atoms with van der Waals surface area (Å²) in [5.41, 5.74) is 2.50. The summed E-state index contributed by atoms with van der Waals surface area (Å²) in [4.78, 5) is 2.43. The third-order valence-corrected chi connectivity index (χ3v) is 4.12. The molecule has 1 aromatic carbocycles. The van der Waals surface area contributed by atoms with Gasteiger partial charge in [-0.3, -0.25) is 0 Å². The predicted molar refractivity (Wildman–Crippen MR) is 77.4 cm³/mol. The van der Waals surface area contributed by atoms with Crippen molar-refractivity contribution in [3.63, 3.8) is 0 Å². The standard InChI is InChI=1S/C15H21ClN2/c1-2-18(13-6-7-13)15-8-3-11(9-14(15)16)10-17-12-4-5-12/h3,8-9,12-13,17H,2,4-7,10H2,1H3. The second-order valence-corrected chi connectivity index (χ2v) is 5.87. The normalized spacial score (nSPS) is 19.0. The van der Waals surface area contributed by atoms with E-state index >= 15 is 0 Å².